The summed E-state index contributed by atoms with van der Waals surface area (Å²) < 4.78 is 0. The van der Waals surface area contributed by atoms with Crippen molar-refractivity contribution >= 4 is 0 Å². The minimum Gasteiger partial charge on any atom is -0.516 e. The third-order valence-corrected chi connectivity index (χ3v) is 11.2. The first kappa shape index (κ1) is 22.5. The molecule has 3 fully saturated rings. The van der Waals surface area contributed by atoms with Crippen molar-refractivity contribution in [2.24, 2.45) is 45.8 Å². The molecule has 0 aliphatic heterocycles. The molecule has 0 saturated heterocycles. The fourth-order valence-electron chi connectivity index (χ4n) is 8.68. The molecule has 1 heteroatoms. The number of aliphatic hydroxyl groups is 1. The van der Waals surface area contributed by atoms with E-state index in [0.29, 0.717) is 10.8 Å². The molecular weight excluding hydrogens is 364 g/mol. The van der Waals surface area contributed by atoms with Crippen molar-refractivity contribution < 1.29 is 5.11 Å². The predicted octanol–water partition coefficient (Wildman–Crippen LogP) is 8.86. The number of hydrogen-bond donors (Lipinski definition) is 1. The summed E-state index contributed by atoms with van der Waals surface area (Å²) in [5, 5.41) is 9.49. The molecule has 0 bridgehead atoms. The minimum atomic E-state index is 0.107. The largest absolute Gasteiger partial charge is 0.516 e. The molecule has 4 aliphatic rings. The van der Waals surface area contributed by atoms with Crippen LogP contribution in [0.4, 0.5) is 0 Å². The normalized spacial score (nSPS) is 42.7. The molecule has 0 aromatic carbocycles. The van der Waals surface area contributed by atoms with Crippen molar-refractivity contribution in [3.05, 3.63) is 23.5 Å². The highest BCUT2D eigenvalue weighted by atomic mass is 16.2. The second-order valence-corrected chi connectivity index (χ2v) is 12.9. The second kappa shape index (κ2) is 8.00. The first-order valence-electron chi connectivity index (χ1n) is 13.1. The highest BCUT2D eigenvalue weighted by Gasteiger charge is 2.57. The Labute approximate surface area is 186 Å². The molecule has 30 heavy (non-hydrogen) atoms. The molecule has 0 amide bonds. The lowest BCUT2D eigenvalue weighted by Crippen LogP contribution is -2.48. The summed E-state index contributed by atoms with van der Waals surface area (Å²) in [6, 6.07) is 0. The van der Waals surface area contributed by atoms with E-state index >= 15 is 0 Å². The molecule has 0 spiro atoms. The van der Waals surface area contributed by atoms with Crippen LogP contribution in [0.15, 0.2) is 23.5 Å². The smallest absolute Gasteiger partial charge is 0.0786 e. The summed E-state index contributed by atoms with van der Waals surface area (Å²) in [4.78, 5) is 0. The van der Waals surface area contributed by atoms with Crippen molar-refractivity contribution in [3.8, 4) is 0 Å². The van der Waals surface area contributed by atoms with Gasteiger partial charge in [-0.15, -0.1) is 0 Å². The molecule has 0 heterocycles. The Morgan fingerprint density at radius 1 is 1.10 bits per heavy atom. The van der Waals surface area contributed by atoms with Crippen LogP contribution in [-0.4, -0.2) is 5.11 Å². The van der Waals surface area contributed by atoms with E-state index in [1.54, 1.807) is 0 Å². The topological polar surface area (TPSA) is 20.2 Å². The van der Waals surface area contributed by atoms with Crippen LogP contribution in [0.25, 0.3) is 0 Å². The molecule has 0 aromatic heterocycles. The molecule has 1 unspecified atom stereocenters. The third kappa shape index (κ3) is 3.51. The summed E-state index contributed by atoms with van der Waals surface area (Å²) >= 11 is 0. The summed E-state index contributed by atoms with van der Waals surface area (Å²) in [5.41, 5.74) is 4.26. The van der Waals surface area contributed by atoms with E-state index in [9.17, 15) is 5.11 Å². The van der Waals surface area contributed by atoms with E-state index in [1.165, 1.54) is 76.9 Å². The quantitative estimate of drug-likeness (QED) is 0.353. The van der Waals surface area contributed by atoms with Crippen molar-refractivity contribution in [1.29, 1.82) is 0 Å². The molecule has 4 rings (SSSR count). The van der Waals surface area contributed by atoms with Crippen LogP contribution in [0.3, 0.4) is 0 Å². The van der Waals surface area contributed by atoms with Crippen molar-refractivity contribution in [2.75, 3.05) is 0 Å². The van der Waals surface area contributed by atoms with Gasteiger partial charge in [0.2, 0.25) is 0 Å². The third-order valence-electron chi connectivity index (χ3n) is 11.2. The molecule has 170 valence electrons. The maximum Gasteiger partial charge on any atom is 0.0786 e. The Hall–Kier alpha value is -0.720. The van der Waals surface area contributed by atoms with Gasteiger partial charge in [0.05, 0.1) is 6.26 Å². The Kier molecular flexibility index (Phi) is 6.00. The van der Waals surface area contributed by atoms with Gasteiger partial charge in [0.1, 0.15) is 0 Å². The van der Waals surface area contributed by atoms with Crippen LogP contribution >= 0.6 is 0 Å². The molecule has 4 aliphatic carbocycles. The van der Waals surface area contributed by atoms with Crippen LogP contribution in [0.1, 0.15) is 112 Å². The highest BCUT2D eigenvalue weighted by Crippen LogP contribution is 2.67. The van der Waals surface area contributed by atoms with Crippen molar-refractivity contribution in [1.82, 2.24) is 0 Å². The monoisotopic (exact) mass is 412 g/mol. The standard InChI is InChI=1S/C29H48O/c1-20(14-17-27(3,4)21(2)19-30)24-12-13-25-23-11-10-22-9-7-8-16-28(22,5)26(23)15-18-29(24,25)6/h11,19-20,22,24-26,30H,7-10,12-18H2,1-6H3/t20-,22?,24-,25+,26+,28+,29-/m1/s1. The number of rotatable bonds is 5. The zero-order valence-electron chi connectivity index (χ0n) is 20.8. The van der Waals surface area contributed by atoms with E-state index in [1.807, 2.05) is 5.57 Å². The van der Waals surface area contributed by atoms with Crippen LogP contribution in [-0.2, 0) is 0 Å². The lowest BCUT2D eigenvalue weighted by Gasteiger charge is -2.57. The average Bonchev–Trinajstić information content (AvgIpc) is 3.08. The maximum atomic E-state index is 9.49. The molecule has 1 N–H and O–H groups in total. The van der Waals surface area contributed by atoms with Crippen molar-refractivity contribution in [2.45, 2.75) is 112 Å². The predicted molar refractivity (Wildman–Crippen MR) is 128 cm³/mol. The zero-order valence-corrected chi connectivity index (χ0v) is 20.8. The van der Waals surface area contributed by atoms with Gasteiger partial charge in [0.15, 0.2) is 0 Å². The Morgan fingerprint density at radius 3 is 2.57 bits per heavy atom. The summed E-state index contributed by atoms with van der Waals surface area (Å²) in [5.74, 6) is 4.36. The minimum absolute atomic E-state index is 0.107. The van der Waals surface area contributed by atoms with E-state index in [-0.39, 0.29) is 5.41 Å². The van der Waals surface area contributed by atoms with Gasteiger partial charge in [-0.25, -0.2) is 0 Å². The van der Waals surface area contributed by atoms with Crippen molar-refractivity contribution in [3.63, 3.8) is 0 Å². The van der Waals surface area contributed by atoms with Gasteiger partial charge >= 0.3 is 0 Å². The van der Waals surface area contributed by atoms with Gasteiger partial charge in [0.25, 0.3) is 0 Å². The van der Waals surface area contributed by atoms with Crippen LogP contribution < -0.4 is 0 Å². The van der Waals surface area contributed by atoms with Crippen LogP contribution in [0, 0.1) is 45.8 Å². The summed E-state index contributed by atoms with van der Waals surface area (Å²) in [6.45, 7) is 14.5. The first-order chi connectivity index (χ1) is 14.1. The lowest BCUT2D eigenvalue weighted by atomic mass is 9.48. The average molecular weight is 413 g/mol. The fraction of sp³-hybridized carbons (Fsp3) is 0.862. The fourth-order valence-corrected chi connectivity index (χ4v) is 8.68. The molecule has 0 radical (unpaired) electrons. The summed E-state index contributed by atoms with van der Waals surface area (Å²) in [7, 11) is 0. The molecule has 3 saturated carbocycles. The number of hydrogen-bond acceptors (Lipinski definition) is 1. The Morgan fingerprint density at radius 2 is 1.83 bits per heavy atom. The maximum absolute atomic E-state index is 9.49. The van der Waals surface area contributed by atoms with Gasteiger partial charge in [-0.05, 0) is 116 Å². The second-order valence-electron chi connectivity index (χ2n) is 12.9. The van der Waals surface area contributed by atoms with Gasteiger partial charge < -0.3 is 5.11 Å². The van der Waals surface area contributed by atoms with E-state index in [0.717, 1.165) is 35.2 Å². The van der Waals surface area contributed by atoms with Gasteiger partial charge in [-0.3, -0.25) is 0 Å². The molecule has 1 nitrogen and oxygen atoms in total. The van der Waals surface area contributed by atoms with Gasteiger partial charge in [-0.1, -0.05) is 59.1 Å². The van der Waals surface area contributed by atoms with Gasteiger partial charge in [0, 0.05) is 0 Å². The number of fused-ring (bicyclic) bond motifs is 5. The van der Waals surface area contributed by atoms with E-state index < -0.39 is 0 Å². The molecule has 0 aromatic rings. The summed E-state index contributed by atoms with van der Waals surface area (Å²) in [6.07, 6.45) is 19.6. The molecule has 7 atom stereocenters. The van der Waals surface area contributed by atoms with Crippen LogP contribution in [0.5, 0.6) is 0 Å². The van der Waals surface area contributed by atoms with E-state index in [2.05, 4.69) is 47.6 Å². The van der Waals surface area contributed by atoms with Gasteiger partial charge in [-0.2, -0.15) is 0 Å². The zero-order chi connectivity index (χ0) is 21.7. The Balaban J connectivity index is 1.49. The van der Waals surface area contributed by atoms with Crippen LogP contribution in [0.2, 0.25) is 0 Å². The SMILES string of the molecule is CC(=CO)C(C)(C)CC[C@@H](C)[C@H]1CC[C@H]2C3=CCC4CCCC[C@]4(C)[C@H]3CC[C@]12C. The lowest BCUT2D eigenvalue weighted by molar-refractivity contribution is -0.00838. The number of allylic oxidation sites excluding steroid dienone is 3. The molecular formula is C29H48O. The highest BCUT2D eigenvalue weighted by molar-refractivity contribution is 5.27. The van der Waals surface area contributed by atoms with E-state index in [4.69, 9.17) is 0 Å². The number of aliphatic hydroxyl groups excluding tert-OH is 1. The first-order valence-corrected chi connectivity index (χ1v) is 13.1. The Bertz CT molecular complexity index is 699.